The molecule has 2 nitrogen and oxygen atoms in total. The molecule has 2 aliphatic heterocycles. The van der Waals surface area contributed by atoms with E-state index in [0.29, 0.717) is 0 Å². The zero-order chi connectivity index (χ0) is 12.2. The molecule has 2 heterocycles. The fourth-order valence-corrected chi connectivity index (χ4v) is 3.32. The number of hydrogen-bond donors (Lipinski definition) is 1. The van der Waals surface area contributed by atoms with Crippen molar-refractivity contribution in [2.45, 2.75) is 38.0 Å². The molecule has 1 N–H and O–H groups in total. The second-order valence-electron chi connectivity index (χ2n) is 5.64. The summed E-state index contributed by atoms with van der Waals surface area (Å²) in [6, 6.07) is 8.59. The highest BCUT2D eigenvalue weighted by Gasteiger charge is 2.22. The number of fused-ring (bicyclic) bond motifs is 1. The minimum absolute atomic E-state index is 0.727. The van der Waals surface area contributed by atoms with Gasteiger partial charge in [0, 0.05) is 0 Å². The maximum absolute atomic E-state index is 5.74. The van der Waals surface area contributed by atoms with Crippen LogP contribution >= 0.6 is 0 Å². The maximum Gasteiger partial charge on any atom is 0.122 e. The number of benzene rings is 1. The molecule has 18 heavy (non-hydrogen) atoms. The zero-order valence-electron chi connectivity index (χ0n) is 11.0. The van der Waals surface area contributed by atoms with Gasteiger partial charge in [-0.15, -0.1) is 0 Å². The average molecular weight is 245 g/mol. The normalized spacial score (nSPS) is 24.3. The number of ether oxygens (including phenoxy) is 1. The molecule has 2 aliphatic rings. The van der Waals surface area contributed by atoms with Crippen molar-refractivity contribution >= 4 is 0 Å². The van der Waals surface area contributed by atoms with Crippen LogP contribution in [0.25, 0.3) is 0 Å². The molecule has 0 spiro atoms. The lowest BCUT2D eigenvalue weighted by Crippen LogP contribution is -2.28. The summed E-state index contributed by atoms with van der Waals surface area (Å²) >= 11 is 0. The van der Waals surface area contributed by atoms with E-state index in [-0.39, 0.29) is 0 Å². The van der Waals surface area contributed by atoms with Gasteiger partial charge in [-0.05, 0) is 68.7 Å². The van der Waals surface area contributed by atoms with Crippen LogP contribution in [0.4, 0.5) is 0 Å². The van der Waals surface area contributed by atoms with Gasteiger partial charge in [-0.25, -0.2) is 0 Å². The van der Waals surface area contributed by atoms with Crippen LogP contribution in [0, 0.1) is 5.92 Å². The molecule has 0 aliphatic carbocycles. The van der Waals surface area contributed by atoms with Gasteiger partial charge in [0.05, 0.1) is 6.61 Å². The van der Waals surface area contributed by atoms with Gasteiger partial charge < -0.3 is 10.1 Å². The minimum atomic E-state index is 0.727. The van der Waals surface area contributed by atoms with E-state index in [4.69, 9.17) is 4.74 Å². The first-order valence-corrected chi connectivity index (χ1v) is 7.36. The van der Waals surface area contributed by atoms with E-state index in [2.05, 4.69) is 29.6 Å². The Morgan fingerprint density at radius 3 is 2.78 bits per heavy atom. The molecule has 3 rings (SSSR count). The molecular weight excluding hydrogens is 222 g/mol. The highest BCUT2D eigenvalue weighted by molar-refractivity contribution is 5.37. The molecule has 1 saturated heterocycles. The van der Waals surface area contributed by atoms with E-state index in [1.165, 1.54) is 50.8 Å². The Morgan fingerprint density at radius 2 is 1.89 bits per heavy atom. The van der Waals surface area contributed by atoms with E-state index in [1.54, 1.807) is 0 Å². The summed E-state index contributed by atoms with van der Waals surface area (Å²) in [6.45, 7) is 3.33. The lowest BCUT2D eigenvalue weighted by atomic mass is 9.84. The molecule has 1 unspecified atom stereocenters. The summed E-state index contributed by atoms with van der Waals surface area (Å²) < 4.78 is 5.74. The Bertz CT molecular complexity index is 384. The van der Waals surface area contributed by atoms with Crippen LogP contribution in [-0.2, 0) is 0 Å². The summed E-state index contributed by atoms with van der Waals surface area (Å²) in [5, 5.41) is 3.45. The second-order valence-corrected chi connectivity index (χ2v) is 5.64. The van der Waals surface area contributed by atoms with Crippen LogP contribution in [0.1, 0.15) is 43.6 Å². The molecule has 98 valence electrons. The van der Waals surface area contributed by atoms with Crippen LogP contribution in [0.3, 0.4) is 0 Å². The molecular formula is C16H23NO. The summed E-state index contributed by atoms with van der Waals surface area (Å²) in [6.07, 6.45) is 6.66. The molecule has 0 bridgehead atoms. The van der Waals surface area contributed by atoms with Gasteiger partial charge in [-0.1, -0.05) is 18.2 Å². The van der Waals surface area contributed by atoms with E-state index in [9.17, 15) is 0 Å². The largest absolute Gasteiger partial charge is 0.493 e. The van der Waals surface area contributed by atoms with E-state index in [1.807, 2.05) is 0 Å². The van der Waals surface area contributed by atoms with Gasteiger partial charge in [0.2, 0.25) is 0 Å². The molecule has 0 saturated carbocycles. The third-order valence-electron chi connectivity index (χ3n) is 4.46. The fourth-order valence-electron chi connectivity index (χ4n) is 3.32. The van der Waals surface area contributed by atoms with Gasteiger partial charge >= 0.3 is 0 Å². The lowest BCUT2D eigenvalue weighted by Gasteiger charge is -2.28. The summed E-state index contributed by atoms with van der Waals surface area (Å²) in [5.41, 5.74) is 1.44. The van der Waals surface area contributed by atoms with E-state index < -0.39 is 0 Å². The Morgan fingerprint density at radius 1 is 1.06 bits per heavy atom. The lowest BCUT2D eigenvalue weighted by molar-refractivity contribution is 0.252. The Kier molecular flexibility index (Phi) is 3.84. The third kappa shape index (κ3) is 2.69. The highest BCUT2D eigenvalue weighted by atomic mass is 16.5. The van der Waals surface area contributed by atoms with Crippen molar-refractivity contribution in [2.75, 3.05) is 19.7 Å². The Balaban J connectivity index is 1.60. The molecule has 1 aromatic rings. The third-order valence-corrected chi connectivity index (χ3v) is 4.46. The number of rotatable bonds is 3. The molecule has 1 atom stereocenters. The first-order valence-electron chi connectivity index (χ1n) is 7.36. The van der Waals surface area contributed by atoms with E-state index >= 15 is 0 Å². The molecule has 0 radical (unpaired) electrons. The van der Waals surface area contributed by atoms with Crippen molar-refractivity contribution in [1.29, 1.82) is 0 Å². The predicted octanol–water partition coefficient (Wildman–Crippen LogP) is 3.33. The zero-order valence-corrected chi connectivity index (χ0v) is 11.0. The quantitative estimate of drug-likeness (QED) is 0.882. The van der Waals surface area contributed by atoms with E-state index in [0.717, 1.165) is 24.2 Å². The summed E-state index contributed by atoms with van der Waals surface area (Å²) in [5.74, 6) is 2.80. The average Bonchev–Trinajstić information content (AvgIpc) is 2.46. The van der Waals surface area contributed by atoms with Crippen molar-refractivity contribution in [3.05, 3.63) is 29.8 Å². The summed E-state index contributed by atoms with van der Waals surface area (Å²) in [7, 11) is 0. The van der Waals surface area contributed by atoms with Crippen molar-refractivity contribution in [3.63, 3.8) is 0 Å². The first-order chi connectivity index (χ1) is 8.93. The maximum atomic E-state index is 5.74. The minimum Gasteiger partial charge on any atom is -0.493 e. The number of nitrogens with one attached hydrogen (secondary N) is 1. The number of hydrogen-bond acceptors (Lipinski definition) is 2. The fraction of sp³-hybridized carbons (Fsp3) is 0.625. The smallest absolute Gasteiger partial charge is 0.122 e. The predicted molar refractivity (Wildman–Crippen MR) is 74.1 cm³/mol. The van der Waals surface area contributed by atoms with Crippen LogP contribution in [-0.4, -0.2) is 19.7 Å². The van der Waals surface area contributed by atoms with Crippen LogP contribution in [0.15, 0.2) is 24.3 Å². The van der Waals surface area contributed by atoms with Gasteiger partial charge in [-0.2, -0.15) is 0 Å². The number of para-hydroxylation sites is 1. The first kappa shape index (κ1) is 12.0. The van der Waals surface area contributed by atoms with Crippen molar-refractivity contribution < 1.29 is 4.74 Å². The SMILES string of the molecule is c1ccc2c(c1)OCCC2CCC1CCNCC1. The van der Waals surface area contributed by atoms with Crippen molar-refractivity contribution in [2.24, 2.45) is 5.92 Å². The highest BCUT2D eigenvalue weighted by Crippen LogP contribution is 2.37. The van der Waals surface area contributed by atoms with Crippen LogP contribution < -0.4 is 10.1 Å². The number of piperidine rings is 1. The molecule has 0 amide bonds. The topological polar surface area (TPSA) is 21.3 Å². The summed E-state index contributed by atoms with van der Waals surface area (Å²) in [4.78, 5) is 0. The Hall–Kier alpha value is -1.02. The van der Waals surface area contributed by atoms with Gasteiger partial charge in [0.15, 0.2) is 0 Å². The van der Waals surface area contributed by atoms with Crippen LogP contribution in [0.2, 0.25) is 0 Å². The van der Waals surface area contributed by atoms with Crippen molar-refractivity contribution in [3.8, 4) is 5.75 Å². The second kappa shape index (κ2) is 5.75. The van der Waals surface area contributed by atoms with Crippen molar-refractivity contribution in [1.82, 2.24) is 5.32 Å². The molecule has 0 aromatic heterocycles. The van der Waals surface area contributed by atoms with Gasteiger partial charge in [-0.3, -0.25) is 0 Å². The standard InChI is InChI=1S/C16H23NO/c1-2-4-16-15(3-1)14(9-12-18-16)6-5-13-7-10-17-11-8-13/h1-4,13-14,17H,5-12H2. The molecule has 2 heteroatoms. The molecule has 1 fully saturated rings. The van der Waals surface area contributed by atoms with Gasteiger partial charge in [0.25, 0.3) is 0 Å². The van der Waals surface area contributed by atoms with Gasteiger partial charge in [0.1, 0.15) is 5.75 Å². The molecule has 1 aromatic carbocycles. The monoisotopic (exact) mass is 245 g/mol. The Labute approximate surface area is 110 Å². The van der Waals surface area contributed by atoms with Crippen LogP contribution in [0.5, 0.6) is 5.75 Å².